The first kappa shape index (κ1) is 21.9. The van der Waals surface area contributed by atoms with Crippen LogP contribution in [0.15, 0.2) is 47.5 Å². The normalized spacial score (nSPS) is 10.7. The fourth-order valence-corrected chi connectivity index (χ4v) is 2.19. The zero-order valence-corrected chi connectivity index (χ0v) is 17.7. The highest BCUT2D eigenvalue weighted by Gasteiger charge is 2.04. The lowest BCUT2D eigenvalue weighted by Gasteiger charge is -2.10. The number of guanidine groups is 1. The summed E-state index contributed by atoms with van der Waals surface area (Å²) in [6.45, 7) is 3.59. The van der Waals surface area contributed by atoms with Crippen molar-refractivity contribution >= 4 is 29.9 Å². The van der Waals surface area contributed by atoms with Crippen molar-refractivity contribution in [2.75, 3.05) is 27.4 Å². The summed E-state index contributed by atoms with van der Waals surface area (Å²) in [6.07, 6.45) is 0. The average Bonchev–Trinajstić information content (AvgIpc) is 2.64. The number of nitrogens with one attached hydrogen (secondary N) is 1. The van der Waals surface area contributed by atoms with E-state index >= 15 is 0 Å². The van der Waals surface area contributed by atoms with Gasteiger partial charge in [0.25, 0.3) is 0 Å². The lowest BCUT2D eigenvalue weighted by atomic mass is 10.2. The number of aliphatic imine (C=N–C) groups is 1. The number of halogens is 1. The van der Waals surface area contributed by atoms with Gasteiger partial charge in [-0.05, 0) is 36.8 Å². The standard InChI is InChI=1S/C19H25N3O3.HI/c1-14-4-7-16(8-5-14)25-11-10-21-19(20)22-13-15-6-9-17(23-2)18(12-15)24-3;/h4-9,12H,10-11,13H2,1-3H3,(H3,20,21,22);1H. The van der Waals surface area contributed by atoms with Crippen LogP contribution in [0.1, 0.15) is 11.1 Å². The van der Waals surface area contributed by atoms with Gasteiger partial charge < -0.3 is 25.3 Å². The maximum atomic E-state index is 5.87. The molecule has 0 fully saturated rings. The van der Waals surface area contributed by atoms with Crippen molar-refractivity contribution in [2.24, 2.45) is 10.7 Å². The second-order valence-electron chi connectivity index (χ2n) is 5.48. The molecule has 2 aromatic carbocycles. The molecule has 0 saturated heterocycles. The zero-order chi connectivity index (χ0) is 18.1. The molecule has 0 radical (unpaired) electrons. The Bertz CT molecular complexity index is 706. The zero-order valence-electron chi connectivity index (χ0n) is 15.3. The maximum absolute atomic E-state index is 5.87. The highest BCUT2D eigenvalue weighted by Crippen LogP contribution is 2.27. The fraction of sp³-hybridized carbons (Fsp3) is 0.316. The molecule has 3 N–H and O–H groups in total. The van der Waals surface area contributed by atoms with E-state index in [0.29, 0.717) is 37.2 Å². The van der Waals surface area contributed by atoms with Crippen LogP contribution in [-0.2, 0) is 6.54 Å². The van der Waals surface area contributed by atoms with Gasteiger partial charge in [0.2, 0.25) is 0 Å². The van der Waals surface area contributed by atoms with E-state index in [1.807, 2.05) is 49.4 Å². The molecule has 26 heavy (non-hydrogen) atoms. The van der Waals surface area contributed by atoms with Gasteiger partial charge in [0.1, 0.15) is 12.4 Å². The smallest absolute Gasteiger partial charge is 0.189 e. The number of nitrogens with two attached hydrogens (primary N) is 1. The van der Waals surface area contributed by atoms with Crippen LogP contribution < -0.4 is 25.3 Å². The van der Waals surface area contributed by atoms with Gasteiger partial charge in [0.05, 0.1) is 27.3 Å². The molecule has 0 amide bonds. The van der Waals surface area contributed by atoms with E-state index in [1.54, 1.807) is 14.2 Å². The summed E-state index contributed by atoms with van der Waals surface area (Å²) < 4.78 is 16.1. The van der Waals surface area contributed by atoms with Crippen LogP contribution in [-0.4, -0.2) is 33.3 Å². The van der Waals surface area contributed by atoms with Gasteiger partial charge >= 0.3 is 0 Å². The SMILES string of the molecule is COc1ccc(CN=C(N)NCCOc2ccc(C)cc2)cc1OC.I. The summed E-state index contributed by atoms with van der Waals surface area (Å²) in [7, 11) is 3.21. The molecule has 0 unspecified atom stereocenters. The quantitative estimate of drug-likeness (QED) is 0.268. The van der Waals surface area contributed by atoms with Crippen molar-refractivity contribution in [1.29, 1.82) is 0 Å². The van der Waals surface area contributed by atoms with Crippen molar-refractivity contribution in [3.8, 4) is 17.2 Å². The number of nitrogens with zero attached hydrogens (tertiary/aromatic N) is 1. The van der Waals surface area contributed by atoms with E-state index in [-0.39, 0.29) is 24.0 Å². The molecule has 142 valence electrons. The van der Waals surface area contributed by atoms with Crippen molar-refractivity contribution in [1.82, 2.24) is 5.32 Å². The topological polar surface area (TPSA) is 78.1 Å². The minimum atomic E-state index is 0. The van der Waals surface area contributed by atoms with Crippen LogP contribution in [0.2, 0.25) is 0 Å². The number of hydrogen-bond donors (Lipinski definition) is 2. The van der Waals surface area contributed by atoms with Crippen molar-refractivity contribution in [3.63, 3.8) is 0 Å². The molecule has 2 rings (SSSR count). The molecule has 0 heterocycles. The van der Waals surface area contributed by atoms with E-state index in [0.717, 1.165) is 11.3 Å². The van der Waals surface area contributed by atoms with Crippen LogP contribution in [0.3, 0.4) is 0 Å². The Morgan fingerprint density at radius 2 is 1.73 bits per heavy atom. The predicted molar refractivity (Wildman–Crippen MR) is 115 cm³/mol. The second-order valence-corrected chi connectivity index (χ2v) is 5.48. The second kappa shape index (κ2) is 11.5. The lowest BCUT2D eigenvalue weighted by Crippen LogP contribution is -2.34. The summed E-state index contributed by atoms with van der Waals surface area (Å²) in [5.74, 6) is 2.58. The molecule has 0 spiro atoms. The van der Waals surface area contributed by atoms with E-state index in [9.17, 15) is 0 Å². The van der Waals surface area contributed by atoms with Gasteiger partial charge in [-0.3, -0.25) is 0 Å². The molecule has 0 aliphatic rings. The fourth-order valence-electron chi connectivity index (χ4n) is 2.19. The number of hydrogen-bond acceptors (Lipinski definition) is 4. The first-order chi connectivity index (χ1) is 12.1. The summed E-state index contributed by atoms with van der Waals surface area (Å²) in [6, 6.07) is 13.6. The third-order valence-corrected chi connectivity index (χ3v) is 3.58. The number of benzene rings is 2. The van der Waals surface area contributed by atoms with Gasteiger partial charge in [0, 0.05) is 0 Å². The van der Waals surface area contributed by atoms with E-state index in [2.05, 4.69) is 10.3 Å². The lowest BCUT2D eigenvalue weighted by molar-refractivity contribution is 0.322. The highest BCUT2D eigenvalue weighted by atomic mass is 127. The highest BCUT2D eigenvalue weighted by molar-refractivity contribution is 14.0. The molecule has 0 aliphatic heterocycles. The van der Waals surface area contributed by atoms with Crippen molar-refractivity contribution < 1.29 is 14.2 Å². The minimum absolute atomic E-state index is 0. The van der Waals surface area contributed by atoms with Crippen molar-refractivity contribution in [2.45, 2.75) is 13.5 Å². The number of ether oxygens (including phenoxy) is 3. The molecule has 0 aliphatic carbocycles. The average molecular weight is 471 g/mol. The summed E-state index contributed by atoms with van der Waals surface area (Å²) in [4.78, 5) is 4.31. The van der Waals surface area contributed by atoms with Gasteiger partial charge in [-0.15, -0.1) is 24.0 Å². The first-order valence-corrected chi connectivity index (χ1v) is 8.06. The Labute approximate surface area is 171 Å². The Morgan fingerprint density at radius 1 is 1.04 bits per heavy atom. The van der Waals surface area contributed by atoms with Crippen LogP contribution in [0, 0.1) is 6.92 Å². The number of aryl methyl sites for hydroxylation is 1. The molecule has 7 heteroatoms. The third-order valence-electron chi connectivity index (χ3n) is 3.58. The Kier molecular flexibility index (Phi) is 9.64. The molecular weight excluding hydrogens is 445 g/mol. The first-order valence-electron chi connectivity index (χ1n) is 8.06. The van der Waals surface area contributed by atoms with Crippen LogP contribution >= 0.6 is 24.0 Å². The third kappa shape index (κ3) is 6.99. The number of methoxy groups -OCH3 is 2. The molecule has 0 aromatic heterocycles. The maximum Gasteiger partial charge on any atom is 0.189 e. The molecular formula is C19H26IN3O3. The summed E-state index contributed by atoms with van der Waals surface area (Å²) >= 11 is 0. The molecule has 6 nitrogen and oxygen atoms in total. The van der Waals surface area contributed by atoms with Gasteiger partial charge in [-0.2, -0.15) is 0 Å². The van der Waals surface area contributed by atoms with E-state index in [4.69, 9.17) is 19.9 Å². The van der Waals surface area contributed by atoms with Crippen LogP contribution in [0.4, 0.5) is 0 Å². The summed E-state index contributed by atoms with van der Waals surface area (Å²) in [5, 5.41) is 3.03. The Morgan fingerprint density at radius 3 is 2.38 bits per heavy atom. The monoisotopic (exact) mass is 471 g/mol. The van der Waals surface area contributed by atoms with Crippen molar-refractivity contribution in [3.05, 3.63) is 53.6 Å². The molecule has 0 bridgehead atoms. The Balaban J connectivity index is 0.00000338. The van der Waals surface area contributed by atoms with Crippen LogP contribution in [0.25, 0.3) is 0 Å². The predicted octanol–water partition coefficient (Wildman–Crippen LogP) is 3.11. The molecule has 2 aromatic rings. The van der Waals surface area contributed by atoms with Gasteiger partial charge in [0.15, 0.2) is 17.5 Å². The summed E-state index contributed by atoms with van der Waals surface area (Å²) in [5.41, 5.74) is 8.06. The largest absolute Gasteiger partial charge is 0.493 e. The molecule has 0 atom stereocenters. The van der Waals surface area contributed by atoms with Gasteiger partial charge in [-0.1, -0.05) is 23.8 Å². The number of rotatable bonds is 8. The Hall–Kier alpha value is -2.16. The van der Waals surface area contributed by atoms with Crippen LogP contribution in [0.5, 0.6) is 17.2 Å². The van der Waals surface area contributed by atoms with E-state index in [1.165, 1.54) is 5.56 Å². The van der Waals surface area contributed by atoms with Gasteiger partial charge in [-0.25, -0.2) is 4.99 Å². The molecule has 0 saturated carbocycles. The minimum Gasteiger partial charge on any atom is -0.493 e. The van der Waals surface area contributed by atoms with E-state index < -0.39 is 0 Å².